The zero-order chi connectivity index (χ0) is 7.28. The first kappa shape index (κ1) is 6.90. The molecule has 9 heavy (non-hydrogen) atoms. The molecule has 0 radical (unpaired) electrons. The van der Waals surface area contributed by atoms with Crippen LogP contribution in [0.3, 0.4) is 0 Å². The van der Waals surface area contributed by atoms with Gasteiger partial charge in [-0.25, -0.2) is 0 Å². The zero-order valence-corrected chi connectivity index (χ0v) is 5.42. The highest BCUT2D eigenvalue weighted by Crippen LogP contribution is 2.61. The van der Waals surface area contributed by atoms with E-state index < -0.39 is 11.6 Å². The summed E-state index contributed by atoms with van der Waals surface area (Å²) in [6.45, 7) is 2.91. The summed E-state index contributed by atoms with van der Waals surface area (Å²) in [6, 6.07) is 0. The van der Waals surface area contributed by atoms with Crippen molar-refractivity contribution in [3.05, 3.63) is 0 Å². The lowest BCUT2D eigenvalue weighted by Crippen LogP contribution is -2.22. The second kappa shape index (κ2) is 1.44. The molecule has 0 nitrogen and oxygen atoms in total. The molecule has 54 valence electrons. The fraction of sp³-hybridized carbons (Fsp3) is 1.00. The zero-order valence-electron chi connectivity index (χ0n) is 5.42. The molecule has 1 unspecified atom stereocenters. The molecule has 0 heterocycles. The number of hydrogen-bond donors (Lipinski definition) is 0. The van der Waals surface area contributed by atoms with Crippen LogP contribution >= 0.6 is 0 Å². The van der Waals surface area contributed by atoms with Crippen LogP contribution in [0.5, 0.6) is 0 Å². The SMILES string of the molecule is C[C@@H]1CC1(C)C(F)(F)F. The minimum absolute atomic E-state index is 0.169. The molecule has 1 aliphatic carbocycles. The van der Waals surface area contributed by atoms with Gasteiger partial charge in [0.15, 0.2) is 0 Å². The highest BCUT2D eigenvalue weighted by Gasteiger charge is 2.64. The van der Waals surface area contributed by atoms with E-state index in [0.717, 1.165) is 0 Å². The summed E-state index contributed by atoms with van der Waals surface area (Å²) in [6.07, 6.45) is -3.68. The van der Waals surface area contributed by atoms with Gasteiger partial charge in [-0.1, -0.05) is 13.8 Å². The van der Waals surface area contributed by atoms with Crippen molar-refractivity contribution in [1.29, 1.82) is 0 Å². The molecule has 0 aromatic carbocycles. The van der Waals surface area contributed by atoms with Crippen molar-refractivity contribution >= 4 is 0 Å². The van der Waals surface area contributed by atoms with Gasteiger partial charge in [-0.3, -0.25) is 0 Å². The minimum Gasteiger partial charge on any atom is -0.171 e. The quantitative estimate of drug-likeness (QED) is 0.482. The van der Waals surface area contributed by atoms with E-state index in [1.807, 2.05) is 0 Å². The third-order valence-electron chi connectivity index (χ3n) is 2.31. The molecular formula is C6H9F3. The molecule has 1 aliphatic rings. The van der Waals surface area contributed by atoms with Gasteiger partial charge in [-0.2, -0.15) is 13.2 Å². The predicted octanol–water partition coefficient (Wildman–Crippen LogP) is 2.59. The van der Waals surface area contributed by atoms with Crippen LogP contribution in [0.15, 0.2) is 0 Å². The fourth-order valence-electron chi connectivity index (χ4n) is 0.972. The van der Waals surface area contributed by atoms with E-state index in [1.165, 1.54) is 6.92 Å². The standard InChI is InChI=1S/C6H9F3/c1-4-3-5(4,2)6(7,8)9/h4H,3H2,1-2H3/t4-,5?/m1/s1. The second-order valence-electron chi connectivity index (χ2n) is 3.02. The molecule has 0 aromatic heterocycles. The van der Waals surface area contributed by atoms with Gasteiger partial charge in [0, 0.05) is 0 Å². The van der Waals surface area contributed by atoms with Gasteiger partial charge in [-0.15, -0.1) is 0 Å². The van der Waals surface area contributed by atoms with Crippen molar-refractivity contribution in [2.24, 2.45) is 11.3 Å². The molecule has 2 atom stereocenters. The van der Waals surface area contributed by atoms with Gasteiger partial charge < -0.3 is 0 Å². The molecule has 0 aliphatic heterocycles. The maximum absolute atomic E-state index is 11.9. The summed E-state index contributed by atoms with van der Waals surface area (Å²) in [5, 5.41) is 0. The molecule has 3 heteroatoms. The van der Waals surface area contributed by atoms with Crippen LogP contribution in [-0.4, -0.2) is 6.18 Å². The Kier molecular flexibility index (Phi) is 1.10. The van der Waals surface area contributed by atoms with Gasteiger partial charge >= 0.3 is 6.18 Å². The van der Waals surface area contributed by atoms with Crippen LogP contribution in [0.25, 0.3) is 0 Å². The van der Waals surface area contributed by atoms with Crippen LogP contribution < -0.4 is 0 Å². The van der Waals surface area contributed by atoms with Gasteiger partial charge in [0.1, 0.15) is 0 Å². The number of hydrogen-bond acceptors (Lipinski definition) is 0. The van der Waals surface area contributed by atoms with E-state index in [-0.39, 0.29) is 5.92 Å². The summed E-state index contributed by atoms with van der Waals surface area (Å²) in [4.78, 5) is 0. The lowest BCUT2D eigenvalue weighted by atomic mass is 10.1. The van der Waals surface area contributed by atoms with E-state index in [0.29, 0.717) is 6.42 Å². The highest BCUT2D eigenvalue weighted by atomic mass is 19.4. The van der Waals surface area contributed by atoms with E-state index >= 15 is 0 Å². The Morgan fingerprint density at radius 1 is 1.44 bits per heavy atom. The van der Waals surface area contributed by atoms with Crippen LogP contribution in [0.4, 0.5) is 13.2 Å². The molecule has 0 saturated heterocycles. The maximum Gasteiger partial charge on any atom is 0.394 e. The Hall–Kier alpha value is -0.210. The average molecular weight is 138 g/mol. The van der Waals surface area contributed by atoms with Crippen molar-refractivity contribution in [2.45, 2.75) is 26.4 Å². The largest absolute Gasteiger partial charge is 0.394 e. The topological polar surface area (TPSA) is 0 Å². The Bertz CT molecular complexity index is 127. The fourth-order valence-corrected chi connectivity index (χ4v) is 0.972. The van der Waals surface area contributed by atoms with Gasteiger partial charge in [0.05, 0.1) is 5.41 Å². The summed E-state index contributed by atoms with van der Waals surface area (Å²) < 4.78 is 35.6. The van der Waals surface area contributed by atoms with Crippen LogP contribution in [0.1, 0.15) is 20.3 Å². The maximum atomic E-state index is 11.9. The predicted molar refractivity (Wildman–Crippen MR) is 27.9 cm³/mol. The first-order chi connectivity index (χ1) is 3.88. The van der Waals surface area contributed by atoms with Crippen LogP contribution in [-0.2, 0) is 0 Å². The van der Waals surface area contributed by atoms with Crippen LogP contribution in [0.2, 0.25) is 0 Å². The number of alkyl halides is 3. The van der Waals surface area contributed by atoms with Gasteiger partial charge in [0.25, 0.3) is 0 Å². The van der Waals surface area contributed by atoms with Gasteiger partial charge in [0.2, 0.25) is 0 Å². The summed E-state index contributed by atoms with van der Waals surface area (Å²) in [5.74, 6) is -0.169. The number of halogens is 3. The third-order valence-corrected chi connectivity index (χ3v) is 2.31. The Morgan fingerprint density at radius 2 is 1.78 bits per heavy atom. The van der Waals surface area contributed by atoms with Crippen molar-refractivity contribution in [3.8, 4) is 0 Å². The van der Waals surface area contributed by atoms with Crippen LogP contribution in [0, 0.1) is 11.3 Å². The lowest BCUT2D eigenvalue weighted by molar-refractivity contribution is -0.185. The molecular weight excluding hydrogens is 129 g/mol. The molecule has 0 aromatic rings. The number of rotatable bonds is 0. The van der Waals surface area contributed by atoms with Crippen molar-refractivity contribution in [1.82, 2.24) is 0 Å². The molecule has 0 spiro atoms. The van der Waals surface area contributed by atoms with E-state index in [4.69, 9.17) is 0 Å². The van der Waals surface area contributed by atoms with Crippen molar-refractivity contribution in [2.75, 3.05) is 0 Å². The molecule has 1 fully saturated rings. The third kappa shape index (κ3) is 0.825. The Balaban J connectivity index is 2.64. The molecule has 0 bridgehead atoms. The molecule has 1 rings (SSSR count). The van der Waals surface area contributed by atoms with Gasteiger partial charge in [-0.05, 0) is 12.3 Å². The molecule has 0 amide bonds. The monoisotopic (exact) mass is 138 g/mol. The Labute approximate surface area is 52.1 Å². The lowest BCUT2D eigenvalue weighted by Gasteiger charge is -2.13. The van der Waals surface area contributed by atoms with E-state index in [1.54, 1.807) is 6.92 Å². The summed E-state index contributed by atoms with van der Waals surface area (Å²) in [7, 11) is 0. The Morgan fingerprint density at radius 3 is 1.78 bits per heavy atom. The van der Waals surface area contributed by atoms with E-state index in [9.17, 15) is 13.2 Å². The van der Waals surface area contributed by atoms with Crippen molar-refractivity contribution in [3.63, 3.8) is 0 Å². The summed E-state index contributed by atoms with van der Waals surface area (Å²) >= 11 is 0. The van der Waals surface area contributed by atoms with Crippen molar-refractivity contribution < 1.29 is 13.2 Å². The van der Waals surface area contributed by atoms with E-state index in [2.05, 4.69) is 0 Å². The first-order valence-electron chi connectivity index (χ1n) is 2.94. The smallest absolute Gasteiger partial charge is 0.171 e. The normalized spacial score (nSPS) is 43.0. The highest BCUT2D eigenvalue weighted by molar-refractivity contribution is 5.01. The second-order valence-corrected chi connectivity index (χ2v) is 3.02. The average Bonchev–Trinajstić information content (AvgIpc) is 2.13. The minimum atomic E-state index is -3.98. The molecule has 0 N–H and O–H groups in total. The first-order valence-corrected chi connectivity index (χ1v) is 2.94. The summed E-state index contributed by atoms with van der Waals surface area (Å²) in [5.41, 5.74) is -1.35. The molecule has 1 saturated carbocycles.